The molecule has 0 aliphatic heterocycles. The molecule has 0 N–H and O–H groups in total. The summed E-state index contributed by atoms with van der Waals surface area (Å²) in [6.45, 7) is 0. The van der Waals surface area contributed by atoms with Gasteiger partial charge in [0.2, 0.25) is 0 Å². The van der Waals surface area contributed by atoms with Crippen LogP contribution in [-0.2, 0) is 0 Å². The summed E-state index contributed by atoms with van der Waals surface area (Å²) in [5, 5.41) is 0. The molecule has 0 aliphatic rings. The molecular weight excluding hydrogens is 268 g/mol. The maximum Gasteiger partial charge on any atom is 0.0389 e. The van der Waals surface area contributed by atoms with Crippen molar-refractivity contribution in [2.75, 3.05) is 6.26 Å². The Hall–Kier alpha value is -0.730. The van der Waals surface area contributed by atoms with Gasteiger partial charge >= 0.3 is 0 Å². The van der Waals surface area contributed by atoms with Crippen molar-refractivity contribution < 1.29 is 0 Å². The molecule has 0 amide bonds. The van der Waals surface area contributed by atoms with E-state index in [9.17, 15) is 0 Å². The first-order chi connectivity index (χ1) is 7.33. The Bertz CT molecular complexity index is 451. The predicted molar refractivity (Wildman–Crippen MR) is 71.4 cm³/mol. The molecule has 0 atom stereocenters. The van der Waals surface area contributed by atoms with Gasteiger partial charge in [0, 0.05) is 9.37 Å². The van der Waals surface area contributed by atoms with Gasteiger partial charge in [-0.1, -0.05) is 42.5 Å². The summed E-state index contributed by atoms with van der Waals surface area (Å²) in [6.07, 6.45) is 2.09. The summed E-state index contributed by atoms with van der Waals surface area (Å²) in [5.41, 5.74) is 2.50. The molecule has 0 bridgehead atoms. The van der Waals surface area contributed by atoms with Crippen LogP contribution in [-0.4, -0.2) is 6.26 Å². The Morgan fingerprint density at radius 2 is 1.67 bits per heavy atom. The van der Waals surface area contributed by atoms with Gasteiger partial charge in [-0.25, -0.2) is 0 Å². The van der Waals surface area contributed by atoms with E-state index in [1.165, 1.54) is 20.5 Å². The van der Waals surface area contributed by atoms with Crippen LogP contribution in [0.1, 0.15) is 0 Å². The van der Waals surface area contributed by atoms with Crippen LogP contribution in [0.2, 0.25) is 0 Å². The van der Waals surface area contributed by atoms with Crippen molar-refractivity contribution in [1.82, 2.24) is 0 Å². The fourth-order valence-corrected chi connectivity index (χ4v) is 2.99. The third-order valence-electron chi connectivity index (χ3n) is 2.27. The zero-order valence-corrected chi connectivity index (χ0v) is 10.8. The van der Waals surface area contributed by atoms with Crippen LogP contribution in [0.15, 0.2) is 57.9 Å². The van der Waals surface area contributed by atoms with Crippen LogP contribution in [0, 0.1) is 0 Å². The molecule has 0 aromatic heterocycles. The molecule has 0 unspecified atom stereocenters. The summed E-state index contributed by atoms with van der Waals surface area (Å²) in [6, 6.07) is 16.8. The molecule has 2 aromatic carbocycles. The molecule has 0 nitrogen and oxygen atoms in total. The molecule has 2 rings (SSSR count). The second-order valence-corrected chi connectivity index (χ2v) is 4.83. The Kier molecular flexibility index (Phi) is 3.49. The lowest BCUT2D eigenvalue weighted by Gasteiger charge is -2.07. The molecule has 0 spiro atoms. The van der Waals surface area contributed by atoms with E-state index in [4.69, 9.17) is 0 Å². The maximum absolute atomic E-state index is 3.66. The van der Waals surface area contributed by atoms with Crippen molar-refractivity contribution in [3.63, 3.8) is 0 Å². The first-order valence-corrected chi connectivity index (χ1v) is 6.72. The van der Waals surface area contributed by atoms with E-state index in [1.807, 2.05) is 6.07 Å². The lowest BCUT2D eigenvalue weighted by atomic mass is 10.1. The van der Waals surface area contributed by atoms with Crippen molar-refractivity contribution >= 4 is 27.7 Å². The van der Waals surface area contributed by atoms with Gasteiger partial charge in [-0.2, -0.15) is 0 Å². The Morgan fingerprint density at radius 1 is 0.933 bits per heavy atom. The van der Waals surface area contributed by atoms with Crippen molar-refractivity contribution in [3.8, 4) is 11.1 Å². The minimum atomic E-state index is 1.18. The molecular formula is C13H11BrS. The minimum absolute atomic E-state index is 1.18. The summed E-state index contributed by atoms with van der Waals surface area (Å²) in [7, 11) is 0. The predicted octanol–water partition coefficient (Wildman–Crippen LogP) is 4.84. The number of halogens is 1. The van der Waals surface area contributed by atoms with Crippen LogP contribution in [0.3, 0.4) is 0 Å². The van der Waals surface area contributed by atoms with Gasteiger partial charge in [0.15, 0.2) is 0 Å². The van der Waals surface area contributed by atoms with Crippen LogP contribution in [0.25, 0.3) is 11.1 Å². The standard InChI is InChI=1S/C13H11BrS/c1-15-12-9-5-8-11(13(12)14)10-6-3-2-4-7-10/h2-9H,1H3. The summed E-state index contributed by atoms with van der Waals surface area (Å²) >= 11 is 5.41. The number of hydrogen-bond donors (Lipinski definition) is 0. The van der Waals surface area contributed by atoms with Crippen LogP contribution < -0.4 is 0 Å². The summed E-state index contributed by atoms with van der Waals surface area (Å²) < 4.78 is 1.18. The number of thioether (sulfide) groups is 1. The highest BCUT2D eigenvalue weighted by molar-refractivity contribution is 9.10. The topological polar surface area (TPSA) is 0 Å². The van der Waals surface area contributed by atoms with E-state index < -0.39 is 0 Å². The molecule has 2 aromatic rings. The highest BCUT2D eigenvalue weighted by Gasteiger charge is 2.05. The van der Waals surface area contributed by atoms with Gasteiger partial charge < -0.3 is 0 Å². The van der Waals surface area contributed by atoms with Crippen LogP contribution in [0.4, 0.5) is 0 Å². The highest BCUT2D eigenvalue weighted by atomic mass is 79.9. The first-order valence-electron chi connectivity index (χ1n) is 4.71. The molecule has 0 heterocycles. The number of hydrogen-bond acceptors (Lipinski definition) is 1. The van der Waals surface area contributed by atoms with E-state index in [1.54, 1.807) is 11.8 Å². The molecule has 15 heavy (non-hydrogen) atoms. The zero-order chi connectivity index (χ0) is 10.7. The molecule has 0 fully saturated rings. The average Bonchev–Trinajstić information content (AvgIpc) is 2.30. The van der Waals surface area contributed by atoms with Gasteiger partial charge in [-0.15, -0.1) is 11.8 Å². The SMILES string of the molecule is CSc1cccc(-c2ccccc2)c1Br. The Balaban J connectivity index is 2.54. The third-order valence-corrected chi connectivity index (χ3v) is 4.16. The maximum atomic E-state index is 3.66. The van der Waals surface area contributed by atoms with Gasteiger partial charge in [0.1, 0.15) is 0 Å². The quantitative estimate of drug-likeness (QED) is 0.709. The average molecular weight is 279 g/mol. The second kappa shape index (κ2) is 4.86. The van der Waals surface area contributed by atoms with E-state index in [2.05, 4.69) is 64.7 Å². The van der Waals surface area contributed by atoms with E-state index in [0.29, 0.717) is 0 Å². The van der Waals surface area contributed by atoms with Crippen molar-refractivity contribution in [3.05, 3.63) is 53.0 Å². The van der Waals surface area contributed by atoms with Crippen molar-refractivity contribution in [2.24, 2.45) is 0 Å². The lowest BCUT2D eigenvalue weighted by molar-refractivity contribution is 1.40. The fourth-order valence-electron chi connectivity index (χ4n) is 1.51. The Morgan fingerprint density at radius 3 is 2.33 bits per heavy atom. The van der Waals surface area contributed by atoms with Crippen LogP contribution in [0.5, 0.6) is 0 Å². The molecule has 0 saturated carbocycles. The smallest absolute Gasteiger partial charge is 0.0389 e. The molecule has 2 heteroatoms. The monoisotopic (exact) mass is 278 g/mol. The Labute approximate surface area is 103 Å². The lowest BCUT2D eigenvalue weighted by Crippen LogP contribution is -1.81. The van der Waals surface area contributed by atoms with Gasteiger partial charge in [-0.05, 0) is 39.4 Å². The normalized spacial score (nSPS) is 10.3. The van der Waals surface area contributed by atoms with E-state index in [-0.39, 0.29) is 0 Å². The molecule has 0 saturated heterocycles. The molecule has 76 valence electrons. The highest BCUT2D eigenvalue weighted by Crippen LogP contribution is 2.34. The fraction of sp³-hybridized carbons (Fsp3) is 0.0769. The van der Waals surface area contributed by atoms with Gasteiger partial charge in [0.25, 0.3) is 0 Å². The largest absolute Gasteiger partial charge is 0.128 e. The minimum Gasteiger partial charge on any atom is -0.128 e. The number of benzene rings is 2. The molecule has 0 radical (unpaired) electrons. The van der Waals surface area contributed by atoms with Crippen LogP contribution >= 0.6 is 27.7 Å². The second-order valence-electron chi connectivity index (χ2n) is 3.19. The molecule has 0 aliphatic carbocycles. The van der Waals surface area contributed by atoms with E-state index >= 15 is 0 Å². The van der Waals surface area contributed by atoms with Crippen molar-refractivity contribution in [1.29, 1.82) is 0 Å². The first kappa shape index (κ1) is 10.8. The van der Waals surface area contributed by atoms with Crippen molar-refractivity contribution in [2.45, 2.75) is 4.90 Å². The summed E-state index contributed by atoms with van der Waals surface area (Å²) in [5.74, 6) is 0. The third kappa shape index (κ3) is 2.27. The van der Waals surface area contributed by atoms with Gasteiger partial charge in [-0.3, -0.25) is 0 Å². The number of rotatable bonds is 2. The van der Waals surface area contributed by atoms with Gasteiger partial charge in [0.05, 0.1) is 0 Å². The van der Waals surface area contributed by atoms with E-state index in [0.717, 1.165) is 0 Å². The summed E-state index contributed by atoms with van der Waals surface area (Å²) in [4.78, 5) is 1.27. The zero-order valence-electron chi connectivity index (χ0n) is 8.41.